The van der Waals surface area contributed by atoms with Crippen LogP contribution in [0.1, 0.15) is 73.0 Å². The highest BCUT2D eigenvalue weighted by Crippen LogP contribution is 2.45. The number of hydrogen-bond donors (Lipinski definition) is 2. The van der Waals surface area contributed by atoms with Gasteiger partial charge in [0.1, 0.15) is 28.6 Å². The second-order valence-corrected chi connectivity index (χ2v) is 21.6. The molecule has 15 nitrogen and oxygen atoms in total. The molecular formula is C51H56F3N7O8S. The van der Waals surface area contributed by atoms with E-state index in [1.54, 1.807) is 42.3 Å². The van der Waals surface area contributed by atoms with Crippen LogP contribution in [0.3, 0.4) is 0 Å². The number of aromatic nitrogens is 2. The first-order chi connectivity index (χ1) is 33.3. The van der Waals surface area contributed by atoms with Gasteiger partial charge in [-0.15, -0.1) is 0 Å². The number of Topliss-reactive ketones (excluding diaryl/α,β-unsaturated/α-hetero) is 1. The number of halogens is 3. The second kappa shape index (κ2) is 19.5. The number of piperazine rings is 1. The number of carbonyl (C=O) groups excluding carboxylic acids is 2. The van der Waals surface area contributed by atoms with Crippen molar-refractivity contribution in [3.8, 4) is 11.5 Å². The lowest BCUT2D eigenvalue weighted by Gasteiger charge is -2.39. The minimum absolute atomic E-state index is 0.00550. The number of anilines is 2. The standard InChI is InChI=1S/C51H56F3N7O8S/c1-32-22-36(51(52,53)54)6-9-41(32)43-26-50(2,3)14-12-35(43)29-58-16-18-59(19-17-58)37-7-10-42(47(24-37)69-38-23-34-13-15-55-48(34)57-27-38)46(62)31-70(66,67)40-8-11-44(45(25-40)61(64)65)56-28-39-30-60(20-21-68-39)49(63)33-4-5-33/h6-11,13,15,22-25,27,33,39,56H,4-5,12,14,16-21,26,28-31H2,1-3H3,(H,55,57). The highest BCUT2D eigenvalue weighted by atomic mass is 32.2. The van der Waals surface area contributed by atoms with E-state index in [1.807, 2.05) is 6.07 Å². The molecule has 1 amide bonds. The number of benzene rings is 3. The number of ether oxygens (including phenoxy) is 2. The Balaban J connectivity index is 0.910. The Hall–Kier alpha value is -6.31. The number of allylic oxidation sites excluding steroid dienone is 1. The molecule has 3 fully saturated rings. The Morgan fingerprint density at radius 3 is 2.53 bits per heavy atom. The fraction of sp³-hybridized carbons (Fsp3) is 0.431. The number of amides is 1. The first-order valence-electron chi connectivity index (χ1n) is 23.6. The molecule has 3 aromatic carbocycles. The quantitative estimate of drug-likeness (QED) is 0.0578. The molecule has 5 aromatic rings. The first kappa shape index (κ1) is 48.7. The van der Waals surface area contributed by atoms with Gasteiger partial charge in [-0.3, -0.25) is 24.6 Å². The molecule has 2 saturated heterocycles. The lowest BCUT2D eigenvalue weighted by Crippen LogP contribution is -2.48. The Morgan fingerprint density at radius 2 is 1.80 bits per heavy atom. The molecule has 0 bridgehead atoms. The smallest absolute Gasteiger partial charge is 0.416 e. The second-order valence-electron chi connectivity index (χ2n) is 19.6. The number of nitro groups is 1. The van der Waals surface area contributed by atoms with Crippen LogP contribution in [0.25, 0.3) is 16.6 Å². The number of aromatic amines is 1. The van der Waals surface area contributed by atoms with E-state index in [4.69, 9.17) is 9.47 Å². The number of fused-ring (bicyclic) bond motifs is 1. The van der Waals surface area contributed by atoms with E-state index in [1.165, 1.54) is 42.1 Å². The third-order valence-corrected chi connectivity index (χ3v) is 15.4. The normalized spacial score (nSPS) is 19.1. The van der Waals surface area contributed by atoms with Crippen LogP contribution in [0, 0.1) is 28.4 Å². The largest absolute Gasteiger partial charge is 0.455 e. The third kappa shape index (κ3) is 11.0. The van der Waals surface area contributed by atoms with Gasteiger partial charge in [-0.1, -0.05) is 25.5 Å². The van der Waals surface area contributed by atoms with Crippen LogP contribution in [-0.2, 0) is 25.5 Å². The van der Waals surface area contributed by atoms with Gasteiger partial charge in [-0.25, -0.2) is 13.4 Å². The zero-order valence-electron chi connectivity index (χ0n) is 39.3. The highest BCUT2D eigenvalue weighted by molar-refractivity contribution is 7.92. The van der Waals surface area contributed by atoms with Crippen LogP contribution in [0.4, 0.5) is 30.2 Å². The van der Waals surface area contributed by atoms with Crippen LogP contribution in [-0.4, -0.2) is 116 Å². The van der Waals surface area contributed by atoms with Crippen molar-refractivity contribution >= 4 is 55.2 Å². The number of ketones is 1. The molecule has 70 heavy (non-hydrogen) atoms. The number of sulfone groups is 1. The van der Waals surface area contributed by atoms with E-state index in [9.17, 15) is 41.3 Å². The van der Waals surface area contributed by atoms with Crippen molar-refractivity contribution < 1.29 is 45.6 Å². The summed E-state index contributed by atoms with van der Waals surface area (Å²) in [5.74, 6) is -1.22. The molecule has 0 spiro atoms. The minimum Gasteiger partial charge on any atom is -0.455 e. The van der Waals surface area contributed by atoms with Crippen LogP contribution in [0.5, 0.6) is 11.5 Å². The zero-order valence-corrected chi connectivity index (χ0v) is 40.1. The lowest BCUT2D eigenvalue weighted by molar-refractivity contribution is -0.384. The average Bonchev–Trinajstić information content (AvgIpc) is 4.07. The van der Waals surface area contributed by atoms with Crippen molar-refractivity contribution in [2.75, 3.05) is 74.9 Å². The third-order valence-electron chi connectivity index (χ3n) is 13.8. The number of carbonyl (C=O) groups is 2. The van der Waals surface area contributed by atoms with Gasteiger partial charge in [0.05, 0.1) is 39.9 Å². The molecule has 370 valence electrons. The number of hydrogen-bond acceptors (Lipinski definition) is 12. The number of pyridine rings is 1. The predicted octanol–water partition coefficient (Wildman–Crippen LogP) is 9.08. The number of aryl methyl sites for hydroxylation is 1. The zero-order chi connectivity index (χ0) is 49.5. The molecule has 9 rings (SSSR count). The summed E-state index contributed by atoms with van der Waals surface area (Å²) in [5, 5.41) is 16.0. The van der Waals surface area contributed by atoms with Crippen molar-refractivity contribution in [3.05, 3.63) is 117 Å². The molecule has 0 radical (unpaired) electrons. The van der Waals surface area contributed by atoms with Crippen LogP contribution in [0.2, 0.25) is 0 Å². The fourth-order valence-electron chi connectivity index (χ4n) is 9.72. The van der Waals surface area contributed by atoms with Crippen molar-refractivity contribution in [1.29, 1.82) is 0 Å². The SMILES string of the molecule is Cc1cc(C(F)(F)F)ccc1C1=C(CN2CCN(c3ccc(C(=O)CS(=O)(=O)c4ccc(NCC5CN(C(=O)C6CC6)CCO5)c([N+](=O)[O-])c4)c(Oc4cnc5[nH]ccc5c4)c3)CC2)CCC(C)(C)C1. The summed E-state index contributed by atoms with van der Waals surface area (Å²) >= 11 is 0. The molecule has 19 heteroatoms. The van der Waals surface area contributed by atoms with Gasteiger partial charge in [0, 0.05) is 87.7 Å². The van der Waals surface area contributed by atoms with Gasteiger partial charge in [0.15, 0.2) is 15.6 Å². The van der Waals surface area contributed by atoms with E-state index in [2.05, 4.69) is 38.9 Å². The Labute approximate surface area is 404 Å². The van der Waals surface area contributed by atoms with E-state index >= 15 is 0 Å². The number of nitrogens with one attached hydrogen (secondary N) is 2. The molecular weight excluding hydrogens is 928 g/mol. The molecule has 2 aliphatic heterocycles. The monoisotopic (exact) mass is 983 g/mol. The maximum Gasteiger partial charge on any atom is 0.416 e. The molecule has 1 unspecified atom stereocenters. The molecule has 2 N–H and O–H groups in total. The van der Waals surface area contributed by atoms with Crippen molar-refractivity contribution in [2.24, 2.45) is 11.3 Å². The van der Waals surface area contributed by atoms with Gasteiger partial charge in [0.25, 0.3) is 5.69 Å². The molecule has 2 aromatic heterocycles. The summed E-state index contributed by atoms with van der Waals surface area (Å²) in [5.41, 5.74) is 4.10. The number of morpholine rings is 1. The number of nitro benzene ring substituents is 1. The summed E-state index contributed by atoms with van der Waals surface area (Å²) < 4.78 is 80.7. The van der Waals surface area contributed by atoms with Crippen molar-refractivity contribution in [1.82, 2.24) is 19.8 Å². The van der Waals surface area contributed by atoms with Gasteiger partial charge in [-0.2, -0.15) is 13.2 Å². The van der Waals surface area contributed by atoms with Gasteiger partial charge < -0.3 is 29.6 Å². The summed E-state index contributed by atoms with van der Waals surface area (Å²) in [6.45, 7) is 10.7. The molecule has 1 atom stereocenters. The topological polar surface area (TPSA) is 180 Å². The Bertz CT molecular complexity index is 2980. The maximum atomic E-state index is 14.1. The van der Waals surface area contributed by atoms with Gasteiger partial charge >= 0.3 is 6.18 Å². The van der Waals surface area contributed by atoms with Crippen LogP contribution >= 0.6 is 0 Å². The van der Waals surface area contributed by atoms with Gasteiger partial charge in [0.2, 0.25) is 5.91 Å². The summed E-state index contributed by atoms with van der Waals surface area (Å²) in [7, 11) is -4.42. The highest BCUT2D eigenvalue weighted by Gasteiger charge is 2.37. The van der Waals surface area contributed by atoms with Crippen molar-refractivity contribution in [3.63, 3.8) is 0 Å². The minimum atomic E-state index is -4.42. The van der Waals surface area contributed by atoms with E-state index in [0.717, 1.165) is 60.4 Å². The van der Waals surface area contributed by atoms with Gasteiger partial charge in [-0.05, 0) is 110 Å². The average molecular weight is 984 g/mol. The number of rotatable bonds is 15. The fourth-order valence-corrected chi connectivity index (χ4v) is 11.0. The Morgan fingerprint density at radius 1 is 1.01 bits per heavy atom. The summed E-state index contributed by atoms with van der Waals surface area (Å²) in [6, 6.07) is 16.0. The van der Waals surface area contributed by atoms with Crippen LogP contribution in [0.15, 0.2) is 89.6 Å². The molecule has 4 heterocycles. The summed E-state index contributed by atoms with van der Waals surface area (Å²) in [6.07, 6.45) is 2.71. The van der Waals surface area contributed by atoms with E-state index < -0.39 is 54.7 Å². The maximum absolute atomic E-state index is 14.1. The number of alkyl halides is 3. The predicted molar refractivity (Wildman–Crippen MR) is 259 cm³/mol. The first-order valence-corrected chi connectivity index (χ1v) is 25.3. The Kier molecular flexibility index (Phi) is 13.5. The van der Waals surface area contributed by atoms with Crippen LogP contribution < -0.4 is 15.0 Å². The molecule has 2 aliphatic carbocycles. The van der Waals surface area contributed by atoms with E-state index in [0.29, 0.717) is 69.4 Å². The van der Waals surface area contributed by atoms with E-state index in [-0.39, 0.29) is 40.8 Å². The van der Waals surface area contributed by atoms with Crippen molar-refractivity contribution in [2.45, 2.75) is 70.1 Å². The number of H-pyrrole nitrogens is 1. The summed E-state index contributed by atoms with van der Waals surface area (Å²) in [4.78, 5) is 51.6. The lowest BCUT2D eigenvalue weighted by atomic mass is 9.72. The number of nitrogens with zero attached hydrogens (tertiary/aromatic N) is 5. The molecule has 4 aliphatic rings. The molecule has 1 saturated carbocycles.